The fourth-order valence-electron chi connectivity index (χ4n) is 0.730. The number of terminal acetylenes is 1. The molecule has 1 heterocycles. The predicted octanol–water partition coefficient (Wildman–Crippen LogP) is -0.385. The molecule has 62 valence electrons. The summed E-state index contributed by atoms with van der Waals surface area (Å²) in [5, 5.41) is 8.78. The third-order valence-corrected chi connectivity index (χ3v) is 1.32. The van der Waals surface area contributed by atoms with Gasteiger partial charge in [-0.2, -0.15) is 5.10 Å². The van der Waals surface area contributed by atoms with Crippen molar-refractivity contribution in [3.63, 3.8) is 0 Å². The quantitative estimate of drug-likeness (QED) is 0.585. The van der Waals surface area contributed by atoms with Crippen LogP contribution in [-0.2, 0) is 4.79 Å². The number of hydrogen-bond donors (Lipinski definition) is 2. The van der Waals surface area contributed by atoms with Crippen LogP contribution in [0, 0.1) is 12.3 Å². The molecule has 0 aliphatic heterocycles. The molecule has 0 bridgehead atoms. The van der Waals surface area contributed by atoms with Crippen LogP contribution in [0.15, 0.2) is 6.33 Å². The molecule has 0 spiro atoms. The van der Waals surface area contributed by atoms with E-state index in [0.717, 1.165) is 0 Å². The molecule has 0 radical (unpaired) electrons. The van der Waals surface area contributed by atoms with Gasteiger partial charge in [-0.15, -0.1) is 6.42 Å². The number of H-pyrrole nitrogens is 1. The molecule has 0 aliphatic rings. The first kappa shape index (κ1) is 8.27. The summed E-state index contributed by atoms with van der Waals surface area (Å²) in [7, 11) is 0. The van der Waals surface area contributed by atoms with Gasteiger partial charge < -0.3 is 5.32 Å². The molecular weight excluding hydrogens is 156 g/mol. The zero-order chi connectivity index (χ0) is 8.97. The number of amides is 1. The van der Waals surface area contributed by atoms with E-state index in [1.807, 2.05) is 5.92 Å². The van der Waals surface area contributed by atoms with Gasteiger partial charge in [0.2, 0.25) is 0 Å². The Balaban J connectivity index is 2.57. The molecule has 1 rings (SSSR count). The second-order valence-corrected chi connectivity index (χ2v) is 2.21. The Bertz CT molecular complexity index is 298. The third kappa shape index (κ3) is 1.83. The van der Waals surface area contributed by atoms with E-state index in [1.165, 1.54) is 6.33 Å². The van der Waals surface area contributed by atoms with Crippen molar-refractivity contribution in [1.82, 2.24) is 20.5 Å². The molecular formula is C7H8N4O. The molecule has 5 nitrogen and oxygen atoms in total. The summed E-state index contributed by atoms with van der Waals surface area (Å²) >= 11 is 0. The Morgan fingerprint density at radius 3 is 3.17 bits per heavy atom. The fraction of sp³-hybridized carbons (Fsp3) is 0.286. The van der Waals surface area contributed by atoms with E-state index in [9.17, 15) is 4.79 Å². The van der Waals surface area contributed by atoms with Crippen molar-refractivity contribution in [3.8, 4) is 12.3 Å². The van der Waals surface area contributed by atoms with E-state index in [2.05, 4.69) is 20.5 Å². The van der Waals surface area contributed by atoms with E-state index in [1.54, 1.807) is 6.92 Å². The standard InChI is InChI=1S/C7H8N4O/c1-3-6(12)10-5(2)7-8-4-9-11-7/h1,4-5H,2H3,(H,10,12)(H,8,9,11). The lowest BCUT2D eigenvalue weighted by molar-refractivity contribution is -0.116. The molecule has 0 fully saturated rings. The molecule has 1 unspecified atom stereocenters. The number of rotatable bonds is 2. The predicted molar refractivity (Wildman–Crippen MR) is 41.8 cm³/mol. The zero-order valence-corrected chi connectivity index (χ0v) is 6.53. The summed E-state index contributed by atoms with van der Waals surface area (Å²) in [6.07, 6.45) is 6.23. The molecule has 5 heteroatoms. The second kappa shape index (κ2) is 3.53. The first-order valence-electron chi connectivity index (χ1n) is 3.36. The van der Waals surface area contributed by atoms with Crippen molar-refractivity contribution >= 4 is 5.91 Å². The molecule has 1 amide bonds. The number of carbonyl (C=O) groups excluding carboxylic acids is 1. The van der Waals surface area contributed by atoms with Crippen LogP contribution in [0.4, 0.5) is 0 Å². The largest absolute Gasteiger partial charge is 0.336 e. The third-order valence-electron chi connectivity index (χ3n) is 1.32. The lowest BCUT2D eigenvalue weighted by Gasteiger charge is -2.06. The van der Waals surface area contributed by atoms with Crippen LogP contribution in [-0.4, -0.2) is 21.1 Å². The summed E-state index contributed by atoms with van der Waals surface area (Å²) in [6.45, 7) is 1.76. The Morgan fingerprint density at radius 1 is 1.92 bits per heavy atom. The van der Waals surface area contributed by atoms with E-state index >= 15 is 0 Å². The van der Waals surface area contributed by atoms with Crippen LogP contribution in [0.2, 0.25) is 0 Å². The molecule has 0 aromatic carbocycles. The minimum atomic E-state index is -0.459. The molecule has 0 saturated heterocycles. The van der Waals surface area contributed by atoms with E-state index < -0.39 is 5.91 Å². The molecule has 2 N–H and O–H groups in total. The van der Waals surface area contributed by atoms with Gasteiger partial charge in [0.05, 0.1) is 6.04 Å². The Kier molecular flexibility index (Phi) is 2.43. The highest BCUT2D eigenvalue weighted by molar-refractivity contribution is 5.92. The SMILES string of the molecule is C#CC(=O)NC(C)c1ncn[nH]1. The highest BCUT2D eigenvalue weighted by atomic mass is 16.1. The average molecular weight is 164 g/mol. The van der Waals surface area contributed by atoms with Gasteiger partial charge in [0.15, 0.2) is 0 Å². The smallest absolute Gasteiger partial charge is 0.296 e. The van der Waals surface area contributed by atoms with Gasteiger partial charge in [0, 0.05) is 0 Å². The normalized spacial score (nSPS) is 11.7. The maximum atomic E-state index is 10.7. The summed E-state index contributed by atoms with van der Waals surface area (Å²) in [4.78, 5) is 14.6. The van der Waals surface area contributed by atoms with Crippen LogP contribution in [0.5, 0.6) is 0 Å². The highest BCUT2D eigenvalue weighted by Gasteiger charge is 2.09. The Morgan fingerprint density at radius 2 is 2.67 bits per heavy atom. The van der Waals surface area contributed by atoms with Crippen LogP contribution >= 0.6 is 0 Å². The number of hydrogen-bond acceptors (Lipinski definition) is 3. The van der Waals surface area contributed by atoms with Crippen molar-refractivity contribution in [1.29, 1.82) is 0 Å². The Hall–Kier alpha value is -1.83. The van der Waals surface area contributed by atoms with Crippen molar-refractivity contribution < 1.29 is 4.79 Å². The van der Waals surface area contributed by atoms with E-state index in [4.69, 9.17) is 6.42 Å². The van der Waals surface area contributed by atoms with E-state index in [-0.39, 0.29) is 6.04 Å². The first-order chi connectivity index (χ1) is 5.74. The minimum absolute atomic E-state index is 0.240. The van der Waals surface area contributed by atoms with Crippen molar-refractivity contribution in [2.75, 3.05) is 0 Å². The van der Waals surface area contributed by atoms with Gasteiger partial charge in [0.25, 0.3) is 5.91 Å². The molecule has 1 atom stereocenters. The van der Waals surface area contributed by atoms with Crippen LogP contribution in [0.25, 0.3) is 0 Å². The lowest BCUT2D eigenvalue weighted by Crippen LogP contribution is -2.25. The van der Waals surface area contributed by atoms with Gasteiger partial charge in [-0.3, -0.25) is 9.89 Å². The van der Waals surface area contributed by atoms with Crippen molar-refractivity contribution in [2.24, 2.45) is 0 Å². The van der Waals surface area contributed by atoms with Crippen LogP contribution in [0.3, 0.4) is 0 Å². The number of carbonyl (C=O) groups is 1. The zero-order valence-electron chi connectivity index (χ0n) is 6.53. The molecule has 1 aromatic rings. The van der Waals surface area contributed by atoms with Crippen molar-refractivity contribution in [2.45, 2.75) is 13.0 Å². The number of aromatic amines is 1. The molecule has 0 saturated carbocycles. The number of nitrogens with one attached hydrogen (secondary N) is 2. The lowest BCUT2D eigenvalue weighted by atomic mass is 10.3. The Labute approximate surface area is 69.6 Å². The van der Waals surface area contributed by atoms with E-state index in [0.29, 0.717) is 5.82 Å². The summed E-state index contributed by atoms with van der Waals surface area (Å²) in [5.74, 6) is 2.07. The topological polar surface area (TPSA) is 70.7 Å². The van der Waals surface area contributed by atoms with Crippen LogP contribution in [0.1, 0.15) is 18.8 Å². The summed E-state index contributed by atoms with van der Waals surface area (Å²) in [5.41, 5.74) is 0. The molecule has 12 heavy (non-hydrogen) atoms. The summed E-state index contributed by atoms with van der Waals surface area (Å²) < 4.78 is 0. The van der Waals surface area contributed by atoms with Gasteiger partial charge in [-0.1, -0.05) is 0 Å². The number of aromatic nitrogens is 3. The van der Waals surface area contributed by atoms with Gasteiger partial charge in [0.1, 0.15) is 12.2 Å². The van der Waals surface area contributed by atoms with Crippen molar-refractivity contribution in [3.05, 3.63) is 12.2 Å². The molecule has 1 aromatic heterocycles. The van der Waals surface area contributed by atoms with Gasteiger partial charge in [-0.25, -0.2) is 4.98 Å². The fourth-order valence-corrected chi connectivity index (χ4v) is 0.730. The first-order valence-corrected chi connectivity index (χ1v) is 3.36. The van der Waals surface area contributed by atoms with Crippen LogP contribution < -0.4 is 5.32 Å². The minimum Gasteiger partial charge on any atom is -0.336 e. The van der Waals surface area contributed by atoms with Gasteiger partial charge >= 0.3 is 0 Å². The maximum Gasteiger partial charge on any atom is 0.296 e. The summed E-state index contributed by atoms with van der Waals surface area (Å²) in [6, 6.07) is -0.240. The molecule has 0 aliphatic carbocycles. The monoisotopic (exact) mass is 164 g/mol. The maximum absolute atomic E-state index is 10.7. The number of nitrogens with zero attached hydrogens (tertiary/aromatic N) is 2. The average Bonchev–Trinajstić information content (AvgIpc) is 2.56. The van der Waals surface area contributed by atoms with Gasteiger partial charge in [-0.05, 0) is 12.8 Å². The second-order valence-electron chi connectivity index (χ2n) is 2.21. The highest BCUT2D eigenvalue weighted by Crippen LogP contribution is 2.02.